The minimum absolute atomic E-state index is 0.187. The second-order valence-electron chi connectivity index (χ2n) is 23.4. The Bertz CT molecular complexity index is 5810. The number of hydrogen-bond donors (Lipinski definition) is 0. The fourth-order valence-corrected chi connectivity index (χ4v) is 12.5. The van der Waals surface area contributed by atoms with Crippen molar-refractivity contribution in [1.82, 2.24) is 34.9 Å². The van der Waals surface area contributed by atoms with Gasteiger partial charge in [0.25, 0.3) is 0 Å². The zero-order chi connectivity index (χ0) is 88.0. The molecule has 120 heavy (non-hydrogen) atoms. The van der Waals surface area contributed by atoms with E-state index in [2.05, 4.69) is 60.0 Å². The molecule has 6 aromatic carbocycles. The third-order valence-corrected chi connectivity index (χ3v) is 21.1. The van der Waals surface area contributed by atoms with Crippen LogP contribution < -0.4 is 25.1 Å². The van der Waals surface area contributed by atoms with Gasteiger partial charge in [-0.05, 0) is 187 Å². The molecule has 49 heteroatoms. The molecule has 0 bridgehead atoms. The Morgan fingerprint density at radius 2 is 0.475 bits per heavy atom. The van der Waals surface area contributed by atoms with E-state index in [0.29, 0.717) is 67.2 Å². The van der Waals surface area contributed by atoms with Gasteiger partial charge in [0.1, 0.15) is 40.2 Å². The maximum Gasteiger partial charge on any atom is 0.534 e. The van der Waals surface area contributed by atoms with Crippen molar-refractivity contribution in [2.75, 3.05) is 0 Å². The number of pyridine rings is 5. The molecule has 0 unspecified atom stereocenters. The SMILES string of the molecule is O=S(=O)(Oc1ccc(-c2ccc(-c3ccccn3)nc2-c2ccc(OS(=O)(=O)C(F)(F)F)cc2)cc1)C(F)(F)F.O=S(=O)(Oc1ccc(-c2ccc(-c3cccnc3)nc2-c2ccc(OS(=O)(=O)C(F)(F)F)cc2)cc1)C(F)(F)F.O=S(=O)(Oc1ccc(-c2ccc(-c3ncccn3)nc2-c2ccc(OS(=O)(=O)C(F)(F)F)cc2)cc1)C(F)(F)F. The predicted octanol–water partition coefficient (Wildman–Crippen LogP) is 17.2. The molecule has 0 aliphatic carbocycles. The predicted molar refractivity (Wildman–Crippen MR) is 386 cm³/mol. The Kier molecular flexibility index (Phi) is 25.7. The van der Waals surface area contributed by atoms with Crippen LogP contribution in [0.25, 0.3) is 101 Å². The van der Waals surface area contributed by atoms with Crippen LogP contribution in [-0.2, 0) is 60.7 Å². The zero-order valence-electron chi connectivity index (χ0n) is 58.4. The Morgan fingerprint density at radius 1 is 0.217 bits per heavy atom. The largest absolute Gasteiger partial charge is 0.534 e. The van der Waals surface area contributed by atoms with Gasteiger partial charge < -0.3 is 25.1 Å². The molecular weight excluding hydrogens is 1770 g/mol. The zero-order valence-corrected chi connectivity index (χ0v) is 63.3. The summed E-state index contributed by atoms with van der Waals surface area (Å²) in [4.78, 5) is 30.1. The van der Waals surface area contributed by atoms with E-state index in [4.69, 9.17) is 0 Å². The van der Waals surface area contributed by atoms with Crippen molar-refractivity contribution in [3.8, 4) is 136 Å². The molecule has 12 aromatic rings. The van der Waals surface area contributed by atoms with Crippen molar-refractivity contribution in [2.45, 2.75) is 33.0 Å². The lowest BCUT2D eigenvalue weighted by atomic mass is 9.98. The van der Waals surface area contributed by atoms with E-state index in [1.807, 2.05) is 0 Å². The molecule has 0 amide bonds. The van der Waals surface area contributed by atoms with Gasteiger partial charge in [0, 0.05) is 69.9 Å². The Labute approximate surface area is 664 Å². The molecule has 0 atom stereocenters. The summed E-state index contributed by atoms with van der Waals surface area (Å²) in [6.45, 7) is 0. The van der Waals surface area contributed by atoms with Gasteiger partial charge >= 0.3 is 93.8 Å². The van der Waals surface area contributed by atoms with Crippen LogP contribution >= 0.6 is 0 Å². The summed E-state index contributed by atoms with van der Waals surface area (Å²) >= 11 is 0. The molecule has 0 spiro atoms. The van der Waals surface area contributed by atoms with Crippen LogP contribution in [0.3, 0.4) is 0 Å². The Hall–Kier alpha value is -12.6. The van der Waals surface area contributed by atoms with E-state index >= 15 is 0 Å². The molecule has 0 radical (unpaired) electrons. The summed E-state index contributed by atoms with van der Waals surface area (Å²) in [5.74, 6) is -3.46. The van der Waals surface area contributed by atoms with Crippen molar-refractivity contribution in [3.63, 3.8) is 0 Å². The van der Waals surface area contributed by atoms with E-state index in [1.165, 1.54) is 110 Å². The van der Waals surface area contributed by atoms with Crippen LogP contribution in [0.5, 0.6) is 34.5 Å². The first-order valence-corrected chi connectivity index (χ1v) is 40.5. The number of aromatic nitrogens is 7. The average molecular weight is 1810 g/mol. The second kappa shape index (κ2) is 34.4. The van der Waals surface area contributed by atoms with E-state index < -0.39 is 128 Å². The van der Waals surface area contributed by atoms with Crippen LogP contribution in [0, 0.1) is 0 Å². The average Bonchev–Trinajstić information content (AvgIpc) is 0.791. The minimum atomic E-state index is -5.91. The number of rotatable bonds is 21. The number of halogens is 18. The molecule has 25 nitrogen and oxygen atoms in total. The Morgan fingerprint density at radius 3 is 0.742 bits per heavy atom. The highest BCUT2D eigenvalue weighted by molar-refractivity contribution is 7.89. The van der Waals surface area contributed by atoms with Crippen LogP contribution in [0.4, 0.5) is 79.0 Å². The number of alkyl halides is 18. The molecular formula is C71H41F18N7O18S6. The standard InChI is InChI=1S/2C24H14F6N2O6S2.C23H13F6N3O6S2/c25-23(26,27)39(33,34)37-18-7-3-15(4-8-18)20-11-12-21(17-2-1-13-31-14-17)32-22(20)16-5-9-19(10-6-16)38-40(35,36)24(28,29)30;25-23(26,27)39(33,34)37-17-8-4-15(5-9-17)19-12-13-21(20-3-1-2-14-31-20)32-22(19)16-6-10-18(11-7-16)38-40(35,36)24(28,29)30;24-22(25,26)39(33,34)37-16-6-2-14(3-7-16)18-10-11-19(21-30-12-1-13-31-21)32-20(18)15-4-8-17(9-5-15)38-40(35,36)23(27,28)29/h2*1-14H;1-13H. The summed E-state index contributed by atoms with van der Waals surface area (Å²) in [7, 11) is -35.4. The summed E-state index contributed by atoms with van der Waals surface area (Å²) < 4.78 is 388. The van der Waals surface area contributed by atoms with Gasteiger partial charge in [-0.2, -0.15) is 130 Å². The van der Waals surface area contributed by atoms with Gasteiger partial charge in [0.2, 0.25) is 0 Å². The first-order valence-electron chi connectivity index (χ1n) is 32.0. The lowest BCUT2D eigenvalue weighted by molar-refractivity contribution is -0.0504. The van der Waals surface area contributed by atoms with Crippen molar-refractivity contribution in [2.24, 2.45) is 0 Å². The molecule has 630 valence electrons. The molecule has 12 rings (SSSR count). The number of benzene rings is 6. The maximum atomic E-state index is 12.7. The molecule has 0 aliphatic heterocycles. The molecule has 0 N–H and O–H groups in total. The van der Waals surface area contributed by atoms with E-state index in [-0.39, 0.29) is 34.2 Å². The van der Waals surface area contributed by atoms with Crippen LogP contribution in [-0.4, -0.2) is 118 Å². The van der Waals surface area contributed by atoms with Crippen molar-refractivity contribution < 1.29 is 155 Å². The van der Waals surface area contributed by atoms with Gasteiger partial charge in [-0.25, -0.2) is 24.9 Å². The molecule has 6 aromatic heterocycles. The highest BCUT2D eigenvalue weighted by atomic mass is 32.2. The van der Waals surface area contributed by atoms with Crippen LogP contribution in [0.2, 0.25) is 0 Å². The van der Waals surface area contributed by atoms with Crippen LogP contribution in [0.15, 0.2) is 249 Å². The summed E-state index contributed by atoms with van der Waals surface area (Å²) in [5, 5.41) is 0. The van der Waals surface area contributed by atoms with E-state index in [0.717, 1.165) is 72.8 Å². The third kappa shape index (κ3) is 21.6. The number of nitrogens with zero attached hydrogens (tertiary/aromatic N) is 7. The molecule has 0 fully saturated rings. The lowest BCUT2D eigenvalue weighted by Crippen LogP contribution is -2.28. The third-order valence-electron chi connectivity index (χ3n) is 15.2. The molecule has 0 aliphatic rings. The lowest BCUT2D eigenvalue weighted by Gasteiger charge is -2.14. The minimum Gasteiger partial charge on any atom is -0.376 e. The molecule has 0 saturated carbocycles. The van der Waals surface area contributed by atoms with E-state index in [1.54, 1.807) is 66.7 Å². The van der Waals surface area contributed by atoms with Crippen molar-refractivity contribution >= 4 is 60.7 Å². The first kappa shape index (κ1) is 89.7. The summed E-state index contributed by atoms with van der Waals surface area (Å²) in [6.07, 6.45) is 7.50. The second-order valence-corrected chi connectivity index (χ2v) is 32.6. The number of hydrogen-bond acceptors (Lipinski definition) is 25. The van der Waals surface area contributed by atoms with Gasteiger partial charge in [0.05, 0.1) is 34.2 Å². The topological polar surface area (TPSA) is 350 Å². The molecule has 0 saturated heterocycles. The fourth-order valence-electron chi connectivity index (χ4n) is 9.74. The monoisotopic (exact) mass is 1810 g/mol. The molecule has 6 heterocycles. The van der Waals surface area contributed by atoms with Gasteiger partial charge in [-0.3, -0.25) is 9.97 Å². The first-order chi connectivity index (χ1) is 55.7. The summed E-state index contributed by atoms with van der Waals surface area (Å²) in [6, 6.07) is 46.4. The van der Waals surface area contributed by atoms with Crippen molar-refractivity contribution in [1.29, 1.82) is 0 Å². The quantitative estimate of drug-likeness (QED) is 0.0366. The van der Waals surface area contributed by atoms with E-state index in [9.17, 15) is 130 Å². The van der Waals surface area contributed by atoms with Crippen LogP contribution in [0.1, 0.15) is 0 Å². The highest BCUT2D eigenvalue weighted by Gasteiger charge is 2.53. The van der Waals surface area contributed by atoms with Crippen molar-refractivity contribution in [3.05, 3.63) is 249 Å². The highest BCUT2D eigenvalue weighted by Crippen LogP contribution is 2.42. The fraction of sp³-hybridized carbons (Fsp3) is 0.0845. The Balaban J connectivity index is 0.000000189. The summed E-state index contributed by atoms with van der Waals surface area (Å²) in [5.41, 5.74) is -27.9. The van der Waals surface area contributed by atoms with Gasteiger partial charge in [-0.1, -0.05) is 48.5 Å². The maximum absolute atomic E-state index is 12.7. The normalized spacial score (nSPS) is 12.7. The smallest absolute Gasteiger partial charge is 0.376 e. The van der Waals surface area contributed by atoms with Gasteiger partial charge in [0.15, 0.2) is 5.82 Å². The van der Waals surface area contributed by atoms with Gasteiger partial charge in [-0.15, -0.1) is 0 Å².